The summed E-state index contributed by atoms with van der Waals surface area (Å²) in [6.45, 7) is 0. The third-order valence-corrected chi connectivity index (χ3v) is 2.66. The smallest absolute Gasteiger partial charge is 0.417 e. The summed E-state index contributed by atoms with van der Waals surface area (Å²) in [5.41, 5.74) is -0.618. The van der Waals surface area contributed by atoms with Crippen LogP contribution in [0.4, 0.5) is 13.2 Å². The lowest BCUT2D eigenvalue weighted by Gasteiger charge is -2.13. The van der Waals surface area contributed by atoms with Gasteiger partial charge >= 0.3 is 6.18 Å². The summed E-state index contributed by atoms with van der Waals surface area (Å²) in [6, 6.07) is 10.6. The quantitative estimate of drug-likeness (QED) is 0.846. The van der Waals surface area contributed by atoms with Crippen molar-refractivity contribution in [3.8, 4) is 22.9 Å². The largest absolute Gasteiger partial charge is 0.507 e. The van der Waals surface area contributed by atoms with Crippen LogP contribution in [-0.4, -0.2) is 5.11 Å². The molecule has 5 heteroatoms. The summed E-state index contributed by atoms with van der Waals surface area (Å²) < 4.78 is 38.6. The first kappa shape index (κ1) is 13.0. The highest BCUT2D eigenvalue weighted by molar-refractivity contribution is 5.70. The molecule has 0 amide bonds. The van der Waals surface area contributed by atoms with Crippen molar-refractivity contribution in [3.63, 3.8) is 0 Å². The Morgan fingerprint density at radius 1 is 1.05 bits per heavy atom. The average molecular weight is 263 g/mol. The van der Waals surface area contributed by atoms with Gasteiger partial charge < -0.3 is 5.11 Å². The number of hydrogen-bond acceptors (Lipinski definition) is 2. The number of alkyl halides is 3. The Morgan fingerprint density at radius 2 is 1.74 bits per heavy atom. The highest BCUT2D eigenvalue weighted by Gasteiger charge is 2.33. The lowest BCUT2D eigenvalue weighted by molar-refractivity contribution is -0.137. The molecule has 0 aliphatic rings. The van der Waals surface area contributed by atoms with Crippen LogP contribution < -0.4 is 0 Å². The van der Waals surface area contributed by atoms with Crippen LogP contribution >= 0.6 is 0 Å². The summed E-state index contributed by atoms with van der Waals surface area (Å²) in [7, 11) is 0. The topological polar surface area (TPSA) is 44.0 Å². The molecule has 0 spiro atoms. The van der Waals surface area contributed by atoms with Gasteiger partial charge in [0.15, 0.2) is 0 Å². The summed E-state index contributed by atoms with van der Waals surface area (Å²) >= 11 is 0. The van der Waals surface area contributed by atoms with Crippen LogP contribution in [0.25, 0.3) is 11.1 Å². The van der Waals surface area contributed by atoms with Gasteiger partial charge in [-0.1, -0.05) is 24.3 Å². The molecule has 0 radical (unpaired) electrons. The van der Waals surface area contributed by atoms with Crippen LogP contribution in [0, 0.1) is 11.3 Å². The van der Waals surface area contributed by atoms with Gasteiger partial charge in [0.1, 0.15) is 11.8 Å². The van der Waals surface area contributed by atoms with Gasteiger partial charge in [0.05, 0.1) is 11.1 Å². The first-order chi connectivity index (χ1) is 8.93. The maximum absolute atomic E-state index is 12.9. The van der Waals surface area contributed by atoms with Crippen molar-refractivity contribution in [2.24, 2.45) is 0 Å². The van der Waals surface area contributed by atoms with E-state index in [0.29, 0.717) is 0 Å². The van der Waals surface area contributed by atoms with Gasteiger partial charge in [-0.15, -0.1) is 0 Å². The van der Waals surface area contributed by atoms with E-state index in [4.69, 9.17) is 5.26 Å². The van der Waals surface area contributed by atoms with Crippen LogP contribution in [0.15, 0.2) is 42.5 Å². The maximum Gasteiger partial charge on any atom is 0.417 e. The molecular formula is C14H8F3NO. The fourth-order valence-electron chi connectivity index (χ4n) is 1.78. The second-order valence-electron chi connectivity index (χ2n) is 3.89. The van der Waals surface area contributed by atoms with E-state index < -0.39 is 11.7 Å². The van der Waals surface area contributed by atoms with E-state index in [2.05, 4.69) is 0 Å². The van der Waals surface area contributed by atoms with Crippen molar-refractivity contribution in [2.75, 3.05) is 0 Å². The van der Waals surface area contributed by atoms with Crippen molar-refractivity contribution in [1.82, 2.24) is 0 Å². The minimum absolute atomic E-state index is 0.0218. The molecular weight excluding hydrogens is 255 g/mol. The van der Waals surface area contributed by atoms with Gasteiger partial charge in [0.2, 0.25) is 0 Å². The van der Waals surface area contributed by atoms with E-state index in [-0.39, 0.29) is 22.4 Å². The van der Waals surface area contributed by atoms with Gasteiger partial charge in [0.25, 0.3) is 0 Å². The van der Waals surface area contributed by atoms with Crippen molar-refractivity contribution in [1.29, 1.82) is 5.26 Å². The molecule has 19 heavy (non-hydrogen) atoms. The molecule has 0 aliphatic heterocycles. The van der Waals surface area contributed by atoms with Crippen LogP contribution in [0.3, 0.4) is 0 Å². The van der Waals surface area contributed by atoms with Crippen molar-refractivity contribution >= 4 is 0 Å². The summed E-state index contributed by atoms with van der Waals surface area (Å²) in [5.74, 6) is -0.254. The number of benzene rings is 2. The van der Waals surface area contributed by atoms with E-state index in [1.54, 1.807) is 6.07 Å². The van der Waals surface area contributed by atoms with E-state index >= 15 is 0 Å². The number of rotatable bonds is 1. The number of aromatic hydroxyl groups is 1. The van der Waals surface area contributed by atoms with Crippen LogP contribution in [0.1, 0.15) is 11.1 Å². The fraction of sp³-hybridized carbons (Fsp3) is 0.0714. The zero-order valence-corrected chi connectivity index (χ0v) is 9.57. The predicted octanol–water partition coefficient (Wildman–Crippen LogP) is 3.95. The second kappa shape index (κ2) is 4.65. The minimum atomic E-state index is -4.47. The SMILES string of the molecule is N#Cc1cc(-c2ccccc2C(F)(F)F)ccc1O. The molecule has 0 unspecified atom stereocenters. The lowest BCUT2D eigenvalue weighted by Crippen LogP contribution is -2.06. The number of hydrogen-bond donors (Lipinski definition) is 1. The van der Waals surface area contributed by atoms with Gasteiger partial charge in [-0.2, -0.15) is 18.4 Å². The van der Waals surface area contributed by atoms with Crippen LogP contribution in [0.5, 0.6) is 5.75 Å². The lowest BCUT2D eigenvalue weighted by atomic mass is 9.97. The Morgan fingerprint density at radius 3 is 2.37 bits per heavy atom. The maximum atomic E-state index is 12.9. The molecule has 0 atom stereocenters. The molecule has 0 bridgehead atoms. The first-order valence-electron chi connectivity index (χ1n) is 5.33. The van der Waals surface area contributed by atoms with E-state index in [1.165, 1.54) is 36.4 Å². The highest BCUT2D eigenvalue weighted by atomic mass is 19.4. The Bertz CT molecular complexity index is 656. The van der Waals surface area contributed by atoms with E-state index in [9.17, 15) is 18.3 Å². The molecule has 0 aromatic heterocycles. The molecule has 2 nitrogen and oxygen atoms in total. The van der Waals surface area contributed by atoms with Crippen molar-refractivity contribution < 1.29 is 18.3 Å². The molecule has 0 aliphatic carbocycles. The fourth-order valence-corrected chi connectivity index (χ4v) is 1.78. The van der Waals surface area contributed by atoms with Crippen LogP contribution in [-0.2, 0) is 6.18 Å². The first-order valence-corrected chi connectivity index (χ1v) is 5.33. The zero-order chi connectivity index (χ0) is 14.0. The van der Waals surface area contributed by atoms with Gasteiger partial charge in [0, 0.05) is 0 Å². The monoisotopic (exact) mass is 263 g/mol. The Labute approximate surface area is 107 Å². The predicted molar refractivity (Wildman–Crippen MR) is 63.3 cm³/mol. The number of halogens is 3. The summed E-state index contributed by atoms with van der Waals surface area (Å²) in [4.78, 5) is 0. The summed E-state index contributed by atoms with van der Waals surface area (Å²) in [5, 5.41) is 18.2. The molecule has 0 fully saturated rings. The third kappa shape index (κ3) is 2.52. The number of phenols is 1. The molecule has 96 valence electrons. The molecule has 0 saturated carbocycles. The van der Waals surface area contributed by atoms with Gasteiger partial charge in [-0.25, -0.2) is 0 Å². The Hall–Kier alpha value is -2.48. The Kier molecular flexibility index (Phi) is 3.17. The second-order valence-corrected chi connectivity index (χ2v) is 3.89. The van der Waals surface area contributed by atoms with E-state index in [0.717, 1.165) is 6.07 Å². The highest BCUT2D eigenvalue weighted by Crippen LogP contribution is 2.37. The molecule has 1 N–H and O–H groups in total. The molecule has 0 heterocycles. The molecule has 2 rings (SSSR count). The normalized spacial score (nSPS) is 11.1. The summed E-state index contributed by atoms with van der Waals surface area (Å²) in [6.07, 6.45) is -4.47. The molecule has 2 aromatic carbocycles. The average Bonchev–Trinajstić information content (AvgIpc) is 2.38. The standard InChI is InChI=1S/C14H8F3NO/c15-14(16,17)12-4-2-1-3-11(12)9-5-6-13(19)10(7-9)8-18/h1-7,19H. The molecule has 0 saturated heterocycles. The molecule has 2 aromatic rings. The van der Waals surface area contributed by atoms with Crippen molar-refractivity contribution in [3.05, 3.63) is 53.6 Å². The Balaban J connectivity index is 2.64. The van der Waals surface area contributed by atoms with Crippen LogP contribution in [0.2, 0.25) is 0 Å². The number of phenolic OH excluding ortho intramolecular Hbond substituents is 1. The number of nitriles is 1. The zero-order valence-electron chi connectivity index (χ0n) is 9.57. The number of nitrogens with zero attached hydrogens (tertiary/aromatic N) is 1. The minimum Gasteiger partial charge on any atom is -0.507 e. The van der Waals surface area contributed by atoms with Gasteiger partial charge in [-0.05, 0) is 29.3 Å². The van der Waals surface area contributed by atoms with Gasteiger partial charge in [-0.3, -0.25) is 0 Å². The van der Waals surface area contributed by atoms with E-state index in [1.807, 2.05) is 0 Å². The third-order valence-electron chi connectivity index (χ3n) is 2.66. The van der Waals surface area contributed by atoms with Crippen molar-refractivity contribution in [2.45, 2.75) is 6.18 Å².